The van der Waals surface area contributed by atoms with Crippen molar-refractivity contribution < 1.29 is 23.0 Å². The summed E-state index contributed by atoms with van der Waals surface area (Å²) >= 11 is 0. The highest BCUT2D eigenvalue weighted by molar-refractivity contribution is 6.07. The zero-order chi connectivity index (χ0) is 21.3. The number of benzene rings is 1. The van der Waals surface area contributed by atoms with E-state index >= 15 is 0 Å². The topological polar surface area (TPSA) is 104 Å². The first-order valence-electron chi connectivity index (χ1n) is 8.23. The third-order valence-corrected chi connectivity index (χ3v) is 4.20. The standard InChI is InChI=1S/C18H16F2N4O5/c1-23-14-11(16(26)24(2)18(23)27)7-9(8-21-14)22-15(25)10-5-4-6-12(28-3)13(10)29-17(19)20/h4-8,17H,1-3H3,(H,22,25). The second-order valence-electron chi connectivity index (χ2n) is 5.97. The number of pyridine rings is 1. The molecule has 1 aromatic carbocycles. The number of carbonyl (C=O) groups is 1. The van der Waals surface area contributed by atoms with Gasteiger partial charge < -0.3 is 14.8 Å². The molecule has 29 heavy (non-hydrogen) atoms. The molecule has 0 unspecified atom stereocenters. The third-order valence-electron chi connectivity index (χ3n) is 4.20. The number of nitrogens with zero attached hydrogens (tertiary/aromatic N) is 3. The van der Waals surface area contributed by atoms with E-state index in [1.54, 1.807) is 0 Å². The van der Waals surface area contributed by atoms with Gasteiger partial charge in [0.25, 0.3) is 11.5 Å². The van der Waals surface area contributed by atoms with E-state index in [0.717, 1.165) is 4.57 Å². The monoisotopic (exact) mass is 406 g/mol. The van der Waals surface area contributed by atoms with E-state index in [-0.39, 0.29) is 28.0 Å². The number of anilines is 1. The Hall–Kier alpha value is -3.76. The van der Waals surface area contributed by atoms with Gasteiger partial charge in [-0.1, -0.05) is 6.07 Å². The van der Waals surface area contributed by atoms with Crippen LogP contribution < -0.4 is 26.0 Å². The quantitative estimate of drug-likeness (QED) is 0.689. The number of rotatable bonds is 5. The van der Waals surface area contributed by atoms with Crippen LogP contribution in [0, 0.1) is 0 Å². The van der Waals surface area contributed by atoms with Crippen molar-refractivity contribution in [2.24, 2.45) is 14.1 Å². The predicted octanol–water partition coefficient (Wildman–Crippen LogP) is 1.49. The molecule has 0 aliphatic carbocycles. The van der Waals surface area contributed by atoms with Crippen molar-refractivity contribution >= 4 is 22.6 Å². The molecule has 0 fully saturated rings. The van der Waals surface area contributed by atoms with Gasteiger partial charge in [-0.3, -0.25) is 18.7 Å². The summed E-state index contributed by atoms with van der Waals surface area (Å²) in [5.74, 6) is -1.24. The number of aryl methyl sites for hydroxylation is 1. The molecule has 0 radical (unpaired) electrons. The van der Waals surface area contributed by atoms with E-state index in [1.165, 1.54) is 56.2 Å². The van der Waals surface area contributed by atoms with Crippen molar-refractivity contribution in [3.05, 3.63) is 56.9 Å². The van der Waals surface area contributed by atoms with Crippen LogP contribution in [-0.2, 0) is 14.1 Å². The third kappa shape index (κ3) is 3.66. The van der Waals surface area contributed by atoms with Crippen molar-refractivity contribution in [3.8, 4) is 11.5 Å². The second-order valence-corrected chi connectivity index (χ2v) is 5.97. The van der Waals surface area contributed by atoms with E-state index in [0.29, 0.717) is 0 Å². The summed E-state index contributed by atoms with van der Waals surface area (Å²) in [6.45, 7) is -3.16. The Kier molecular flexibility index (Phi) is 5.31. The zero-order valence-corrected chi connectivity index (χ0v) is 15.6. The van der Waals surface area contributed by atoms with Crippen molar-refractivity contribution in [2.75, 3.05) is 12.4 Å². The van der Waals surface area contributed by atoms with Gasteiger partial charge in [0.2, 0.25) is 0 Å². The largest absolute Gasteiger partial charge is 0.493 e. The number of halogens is 2. The van der Waals surface area contributed by atoms with Gasteiger partial charge in [-0.2, -0.15) is 8.78 Å². The lowest BCUT2D eigenvalue weighted by molar-refractivity contribution is -0.0515. The molecular formula is C18H16F2N4O5. The molecule has 0 aliphatic rings. The average molecular weight is 406 g/mol. The number of amides is 1. The van der Waals surface area contributed by atoms with E-state index < -0.39 is 29.5 Å². The van der Waals surface area contributed by atoms with Crippen LogP contribution in [0.15, 0.2) is 40.1 Å². The molecule has 9 nitrogen and oxygen atoms in total. The number of ether oxygens (including phenoxy) is 2. The van der Waals surface area contributed by atoms with Gasteiger partial charge in [-0.25, -0.2) is 9.78 Å². The van der Waals surface area contributed by atoms with Gasteiger partial charge in [-0.05, 0) is 18.2 Å². The molecule has 0 aliphatic heterocycles. The minimum Gasteiger partial charge on any atom is -0.493 e. The lowest BCUT2D eigenvalue weighted by Crippen LogP contribution is -2.37. The molecule has 2 heterocycles. The molecule has 2 aromatic heterocycles. The van der Waals surface area contributed by atoms with Crippen LogP contribution >= 0.6 is 0 Å². The first-order chi connectivity index (χ1) is 13.7. The number of para-hydroxylation sites is 1. The fraction of sp³-hybridized carbons (Fsp3) is 0.222. The molecule has 11 heteroatoms. The van der Waals surface area contributed by atoms with Gasteiger partial charge in [0, 0.05) is 14.1 Å². The summed E-state index contributed by atoms with van der Waals surface area (Å²) in [6.07, 6.45) is 1.24. The van der Waals surface area contributed by atoms with E-state index in [4.69, 9.17) is 4.74 Å². The summed E-state index contributed by atoms with van der Waals surface area (Å²) in [5, 5.41) is 2.58. The number of carbonyl (C=O) groups excluding carboxylic acids is 1. The van der Waals surface area contributed by atoms with Gasteiger partial charge in [0.1, 0.15) is 5.65 Å². The van der Waals surface area contributed by atoms with Crippen molar-refractivity contribution in [1.82, 2.24) is 14.1 Å². The molecule has 1 N–H and O–H groups in total. The van der Waals surface area contributed by atoms with Crippen LogP contribution in [0.25, 0.3) is 11.0 Å². The lowest BCUT2D eigenvalue weighted by Gasteiger charge is -2.14. The normalized spacial score (nSPS) is 11.0. The maximum atomic E-state index is 12.7. The highest BCUT2D eigenvalue weighted by Crippen LogP contribution is 2.33. The fourth-order valence-corrected chi connectivity index (χ4v) is 2.80. The summed E-state index contributed by atoms with van der Waals surface area (Å²) < 4.78 is 37.0. The summed E-state index contributed by atoms with van der Waals surface area (Å²) in [5.41, 5.74) is -1.06. The van der Waals surface area contributed by atoms with Gasteiger partial charge in [-0.15, -0.1) is 0 Å². The first-order valence-corrected chi connectivity index (χ1v) is 8.23. The van der Waals surface area contributed by atoms with Gasteiger partial charge in [0.15, 0.2) is 11.5 Å². The Balaban J connectivity index is 2.03. The first kappa shape index (κ1) is 20.0. The highest BCUT2D eigenvalue weighted by atomic mass is 19.3. The van der Waals surface area contributed by atoms with Gasteiger partial charge >= 0.3 is 12.3 Å². The minimum atomic E-state index is -3.16. The van der Waals surface area contributed by atoms with Crippen LogP contribution in [0.4, 0.5) is 14.5 Å². The summed E-state index contributed by atoms with van der Waals surface area (Å²) in [7, 11) is 4.03. The van der Waals surface area contributed by atoms with Crippen LogP contribution in [-0.4, -0.2) is 33.7 Å². The number of hydrogen-bond donors (Lipinski definition) is 1. The molecule has 0 saturated heterocycles. The second kappa shape index (κ2) is 7.70. The highest BCUT2D eigenvalue weighted by Gasteiger charge is 2.21. The van der Waals surface area contributed by atoms with Gasteiger partial charge in [0.05, 0.1) is 29.9 Å². The molecule has 0 spiro atoms. The number of hydrogen-bond acceptors (Lipinski definition) is 6. The Bertz CT molecular complexity index is 1220. The van der Waals surface area contributed by atoms with Crippen molar-refractivity contribution in [3.63, 3.8) is 0 Å². The fourth-order valence-electron chi connectivity index (χ4n) is 2.80. The Morgan fingerprint density at radius 1 is 1.21 bits per heavy atom. The van der Waals surface area contributed by atoms with E-state index in [9.17, 15) is 23.2 Å². The maximum absolute atomic E-state index is 12.7. The Labute approximate surface area is 162 Å². The molecule has 0 saturated carbocycles. The summed E-state index contributed by atoms with van der Waals surface area (Å²) in [4.78, 5) is 41.0. The van der Waals surface area contributed by atoms with Crippen LogP contribution in [0.5, 0.6) is 11.5 Å². The van der Waals surface area contributed by atoms with Crippen LogP contribution in [0.3, 0.4) is 0 Å². The molecule has 152 valence electrons. The predicted molar refractivity (Wildman–Crippen MR) is 99.8 cm³/mol. The van der Waals surface area contributed by atoms with E-state index in [2.05, 4.69) is 15.0 Å². The van der Waals surface area contributed by atoms with Crippen molar-refractivity contribution in [1.29, 1.82) is 0 Å². The number of fused-ring (bicyclic) bond motifs is 1. The number of methoxy groups -OCH3 is 1. The number of aromatic nitrogens is 3. The van der Waals surface area contributed by atoms with Crippen molar-refractivity contribution in [2.45, 2.75) is 6.61 Å². The average Bonchev–Trinajstić information content (AvgIpc) is 2.70. The zero-order valence-electron chi connectivity index (χ0n) is 15.6. The maximum Gasteiger partial charge on any atom is 0.387 e. The lowest BCUT2D eigenvalue weighted by atomic mass is 10.1. The molecule has 3 aromatic rings. The van der Waals surface area contributed by atoms with Crippen LogP contribution in [0.2, 0.25) is 0 Å². The molecule has 1 amide bonds. The smallest absolute Gasteiger partial charge is 0.387 e. The minimum absolute atomic E-state index is 0.0431. The molecular weight excluding hydrogens is 390 g/mol. The molecule has 0 atom stereocenters. The molecule has 0 bridgehead atoms. The number of nitrogens with one attached hydrogen (secondary N) is 1. The molecule has 3 rings (SSSR count). The number of alkyl halides is 2. The van der Waals surface area contributed by atoms with Crippen LogP contribution in [0.1, 0.15) is 10.4 Å². The Morgan fingerprint density at radius 2 is 1.93 bits per heavy atom. The SMILES string of the molecule is COc1cccc(C(=O)Nc2cnc3c(c2)c(=O)n(C)c(=O)n3C)c1OC(F)F. The summed E-state index contributed by atoms with van der Waals surface area (Å²) in [6, 6.07) is 5.44. The Morgan fingerprint density at radius 3 is 2.59 bits per heavy atom. The van der Waals surface area contributed by atoms with E-state index in [1.807, 2.05) is 0 Å².